The maximum atomic E-state index is 8.92. The molecule has 0 bridgehead atoms. The number of ether oxygens (including phenoxy) is 2. The van der Waals surface area contributed by atoms with Crippen LogP contribution in [0.3, 0.4) is 0 Å². The predicted molar refractivity (Wildman–Crippen MR) is 75.4 cm³/mol. The van der Waals surface area contributed by atoms with Crippen molar-refractivity contribution < 1.29 is 9.47 Å². The number of nitrogens with one attached hydrogen (secondary N) is 1. The Bertz CT molecular complexity index is 452. The lowest BCUT2D eigenvalue weighted by atomic mass is 10.1. The van der Waals surface area contributed by atoms with Crippen molar-refractivity contribution in [1.82, 2.24) is 5.32 Å². The third-order valence-corrected chi connectivity index (χ3v) is 3.23. The molecule has 1 rings (SSSR count). The van der Waals surface area contributed by atoms with E-state index in [4.69, 9.17) is 14.7 Å². The maximum absolute atomic E-state index is 8.92. The van der Waals surface area contributed by atoms with Gasteiger partial charge in [-0.05, 0) is 25.0 Å². The van der Waals surface area contributed by atoms with Gasteiger partial charge in [-0.1, -0.05) is 6.92 Å². The summed E-state index contributed by atoms with van der Waals surface area (Å²) >= 11 is 0. The van der Waals surface area contributed by atoms with Crippen LogP contribution in [0.2, 0.25) is 0 Å². The Labute approximate surface area is 115 Å². The summed E-state index contributed by atoms with van der Waals surface area (Å²) < 4.78 is 10.6. The fourth-order valence-corrected chi connectivity index (χ4v) is 1.93. The molecule has 1 aromatic carbocycles. The molecule has 104 valence electrons. The first kappa shape index (κ1) is 15.3. The second kappa shape index (κ2) is 7.65. The van der Waals surface area contributed by atoms with Crippen molar-refractivity contribution in [2.45, 2.75) is 26.8 Å². The van der Waals surface area contributed by atoms with Gasteiger partial charge in [-0.15, -0.1) is 0 Å². The van der Waals surface area contributed by atoms with Gasteiger partial charge in [0, 0.05) is 24.7 Å². The van der Waals surface area contributed by atoms with Gasteiger partial charge in [0.15, 0.2) is 0 Å². The topological polar surface area (TPSA) is 54.3 Å². The summed E-state index contributed by atoms with van der Waals surface area (Å²) in [6, 6.07) is 6.15. The summed E-state index contributed by atoms with van der Waals surface area (Å²) in [5.74, 6) is 1.67. The zero-order valence-corrected chi connectivity index (χ0v) is 12.1. The molecule has 1 N–H and O–H groups in total. The summed E-state index contributed by atoms with van der Waals surface area (Å²) in [5, 5.41) is 12.2. The van der Waals surface area contributed by atoms with Gasteiger partial charge in [-0.25, -0.2) is 0 Å². The van der Waals surface area contributed by atoms with E-state index in [1.54, 1.807) is 14.2 Å². The number of rotatable bonds is 7. The monoisotopic (exact) mass is 262 g/mol. The quantitative estimate of drug-likeness (QED) is 0.820. The highest BCUT2D eigenvalue weighted by Gasteiger charge is 2.10. The maximum Gasteiger partial charge on any atom is 0.127 e. The van der Waals surface area contributed by atoms with Crippen LogP contribution >= 0.6 is 0 Å². The Kier molecular flexibility index (Phi) is 6.17. The van der Waals surface area contributed by atoms with Crippen molar-refractivity contribution in [3.8, 4) is 17.6 Å². The fraction of sp³-hybridized carbons (Fsp3) is 0.533. The van der Waals surface area contributed by atoms with Crippen LogP contribution in [0.15, 0.2) is 12.1 Å². The minimum Gasteiger partial charge on any atom is -0.497 e. The standard InChI is InChI=1S/C15H22N2O2/c1-5-12(8-16)9-17-10-14-11(2)6-13(18-3)7-15(14)19-4/h6-7,12,17H,5,9-10H2,1-4H3. The van der Waals surface area contributed by atoms with Gasteiger partial charge >= 0.3 is 0 Å². The summed E-state index contributed by atoms with van der Waals surface area (Å²) in [7, 11) is 3.30. The number of methoxy groups -OCH3 is 2. The average molecular weight is 262 g/mol. The van der Waals surface area contributed by atoms with Gasteiger partial charge in [0.05, 0.1) is 26.2 Å². The molecular formula is C15H22N2O2. The molecule has 1 aromatic rings. The number of benzene rings is 1. The zero-order chi connectivity index (χ0) is 14.3. The Morgan fingerprint density at radius 1 is 1.32 bits per heavy atom. The molecule has 0 aliphatic rings. The summed E-state index contributed by atoms with van der Waals surface area (Å²) in [6.45, 7) is 5.44. The first-order valence-corrected chi connectivity index (χ1v) is 6.48. The first-order valence-electron chi connectivity index (χ1n) is 6.48. The van der Waals surface area contributed by atoms with Gasteiger partial charge in [0.2, 0.25) is 0 Å². The van der Waals surface area contributed by atoms with E-state index < -0.39 is 0 Å². The lowest BCUT2D eigenvalue weighted by Crippen LogP contribution is -2.22. The van der Waals surface area contributed by atoms with Crippen LogP contribution in [0.25, 0.3) is 0 Å². The number of nitriles is 1. The smallest absolute Gasteiger partial charge is 0.127 e. The van der Waals surface area contributed by atoms with E-state index in [9.17, 15) is 0 Å². The van der Waals surface area contributed by atoms with E-state index in [-0.39, 0.29) is 5.92 Å². The Morgan fingerprint density at radius 3 is 2.58 bits per heavy atom. The van der Waals surface area contributed by atoms with Crippen molar-refractivity contribution in [3.05, 3.63) is 23.3 Å². The van der Waals surface area contributed by atoms with Crippen molar-refractivity contribution in [2.24, 2.45) is 5.92 Å². The van der Waals surface area contributed by atoms with Crippen LogP contribution in [0.1, 0.15) is 24.5 Å². The van der Waals surface area contributed by atoms with Crippen LogP contribution < -0.4 is 14.8 Å². The molecule has 0 saturated heterocycles. The van der Waals surface area contributed by atoms with Gasteiger partial charge < -0.3 is 14.8 Å². The molecule has 4 heteroatoms. The molecule has 0 amide bonds. The minimum atomic E-state index is 0.0598. The molecular weight excluding hydrogens is 240 g/mol. The predicted octanol–water partition coefficient (Wildman–Crippen LogP) is 2.65. The third-order valence-electron chi connectivity index (χ3n) is 3.23. The van der Waals surface area contributed by atoms with Crippen molar-refractivity contribution in [2.75, 3.05) is 20.8 Å². The van der Waals surface area contributed by atoms with E-state index in [0.29, 0.717) is 13.1 Å². The molecule has 0 radical (unpaired) electrons. The second-order valence-electron chi connectivity index (χ2n) is 4.49. The average Bonchev–Trinajstić information content (AvgIpc) is 2.44. The minimum absolute atomic E-state index is 0.0598. The van der Waals surface area contributed by atoms with Crippen LogP contribution in [-0.2, 0) is 6.54 Å². The molecule has 4 nitrogen and oxygen atoms in total. The van der Waals surface area contributed by atoms with Crippen LogP contribution in [0.5, 0.6) is 11.5 Å². The van der Waals surface area contributed by atoms with Crippen molar-refractivity contribution in [1.29, 1.82) is 5.26 Å². The highest BCUT2D eigenvalue weighted by Crippen LogP contribution is 2.28. The van der Waals surface area contributed by atoms with Gasteiger partial charge in [0.25, 0.3) is 0 Å². The van der Waals surface area contributed by atoms with Gasteiger partial charge in [0.1, 0.15) is 11.5 Å². The van der Waals surface area contributed by atoms with Gasteiger partial charge in [-0.2, -0.15) is 5.26 Å². The van der Waals surface area contributed by atoms with E-state index in [0.717, 1.165) is 29.0 Å². The lowest BCUT2D eigenvalue weighted by Gasteiger charge is -2.15. The molecule has 1 atom stereocenters. The molecule has 0 aromatic heterocycles. The van der Waals surface area contributed by atoms with Crippen molar-refractivity contribution in [3.63, 3.8) is 0 Å². The molecule has 0 fully saturated rings. The third kappa shape index (κ3) is 4.15. The van der Waals surface area contributed by atoms with E-state index >= 15 is 0 Å². The SMILES string of the molecule is CCC(C#N)CNCc1c(C)cc(OC)cc1OC. The molecule has 0 saturated carbocycles. The molecule has 0 heterocycles. The zero-order valence-electron chi connectivity index (χ0n) is 12.1. The highest BCUT2D eigenvalue weighted by molar-refractivity contribution is 5.46. The number of nitrogens with zero attached hydrogens (tertiary/aromatic N) is 1. The first-order chi connectivity index (χ1) is 9.15. The molecule has 1 unspecified atom stereocenters. The van der Waals surface area contributed by atoms with Crippen LogP contribution in [-0.4, -0.2) is 20.8 Å². The van der Waals surface area contributed by atoms with Crippen LogP contribution in [0.4, 0.5) is 0 Å². The largest absolute Gasteiger partial charge is 0.497 e. The molecule has 0 spiro atoms. The number of hydrogen-bond acceptors (Lipinski definition) is 4. The summed E-state index contributed by atoms with van der Waals surface area (Å²) in [4.78, 5) is 0. The van der Waals surface area contributed by atoms with Gasteiger partial charge in [-0.3, -0.25) is 0 Å². The fourth-order valence-electron chi connectivity index (χ4n) is 1.93. The molecule has 0 aliphatic heterocycles. The molecule has 0 aliphatic carbocycles. The molecule has 19 heavy (non-hydrogen) atoms. The Hall–Kier alpha value is -1.73. The Morgan fingerprint density at radius 2 is 2.05 bits per heavy atom. The Balaban J connectivity index is 2.75. The summed E-state index contributed by atoms with van der Waals surface area (Å²) in [6.07, 6.45) is 0.863. The number of aryl methyl sites for hydroxylation is 1. The second-order valence-corrected chi connectivity index (χ2v) is 4.49. The van der Waals surface area contributed by atoms with E-state index in [1.807, 2.05) is 26.0 Å². The number of hydrogen-bond donors (Lipinski definition) is 1. The van der Waals surface area contributed by atoms with Crippen LogP contribution in [0, 0.1) is 24.2 Å². The summed E-state index contributed by atoms with van der Waals surface area (Å²) in [5.41, 5.74) is 2.23. The van der Waals surface area contributed by atoms with Crippen molar-refractivity contribution >= 4 is 0 Å². The van der Waals surface area contributed by atoms with E-state index in [1.165, 1.54) is 0 Å². The van der Waals surface area contributed by atoms with E-state index in [2.05, 4.69) is 11.4 Å². The normalized spacial score (nSPS) is 11.7. The highest BCUT2D eigenvalue weighted by atomic mass is 16.5. The lowest BCUT2D eigenvalue weighted by molar-refractivity contribution is 0.388.